The van der Waals surface area contributed by atoms with Gasteiger partial charge in [-0.1, -0.05) is 66.2 Å². The monoisotopic (exact) mass is 923 g/mol. The van der Waals surface area contributed by atoms with Crippen molar-refractivity contribution in [2.75, 3.05) is 12.3 Å². The zero-order valence-corrected chi connectivity index (χ0v) is 41.1. The molecule has 1 aromatic carbocycles. The smallest absolute Gasteiger partial charge is 0.408 e. The first kappa shape index (κ1) is 48.9. The lowest BCUT2D eigenvalue weighted by Gasteiger charge is -2.36. The highest BCUT2D eigenvalue weighted by molar-refractivity contribution is 7.90. The molecule has 2 aliphatic heterocycles. The number of benzene rings is 1. The van der Waals surface area contributed by atoms with Crippen molar-refractivity contribution in [1.82, 2.24) is 34.8 Å². The number of nitrogens with one attached hydrogen (secondary N) is 3. The summed E-state index contributed by atoms with van der Waals surface area (Å²) in [7, 11) is -4.01. The van der Waals surface area contributed by atoms with Gasteiger partial charge in [-0.15, -0.1) is 11.3 Å². The van der Waals surface area contributed by atoms with Gasteiger partial charge in [0.1, 0.15) is 39.9 Å². The highest BCUT2D eigenvalue weighted by Crippen LogP contribution is 2.47. The highest BCUT2D eigenvalue weighted by atomic mass is 32.2. The number of fused-ring (bicyclic) bond motifs is 6. The van der Waals surface area contributed by atoms with Crippen molar-refractivity contribution in [2.24, 2.45) is 11.3 Å². The Hall–Kier alpha value is -4.51. The van der Waals surface area contributed by atoms with Crippen molar-refractivity contribution in [3.8, 4) is 16.6 Å². The van der Waals surface area contributed by atoms with Gasteiger partial charge >= 0.3 is 6.09 Å². The zero-order chi connectivity index (χ0) is 46.9. The van der Waals surface area contributed by atoms with Crippen molar-refractivity contribution in [2.45, 2.75) is 175 Å². The minimum absolute atomic E-state index is 0.0316. The summed E-state index contributed by atoms with van der Waals surface area (Å²) in [6.45, 7) is 20.8. The maximum absolute atomic E-state index is 14.9. The number of amides is 4. The summed E-state index contributed by atoms with van der Waals surface area (Å²) in [6, 6.07) is 4.00. The van der Waals surface area contributed by atoms with Gasteiger partial charge in [-0.05, 0) is 109 Å². The maximum atomic E-state index is 14.9. The number of allylic oxidation sites excluding steroid dienone is 2. The van der Waals surface area contributed by atoms with Gasteiger partial charge in [0.15, 0.2) is 0 Å². The van der Waals surface area contributed by atoms with Gasteiger partial charge in [0, 0.05) is 22.9 Å². The highest BCUT2D eigenvalue weighted by Gasteiger charge is 2.62. The molecule has 3 aromatic rings. The molecule has 2 fully saturated rings. The normalized spacial score (nSPS) is 24.6. The fourth-order valence-electron chi connectivity index (χ4n) is 8.79. The number of sulfonamides is 1. The lowest BCUT2D eigenvalue weighted by molar-refractivity contribution is -0.143. The standard InChI is InChI=1S/C47H69N7O8S2/c1-12-30-26-47(30)42(57)52-64(59,60)24-19-17-15-13-14-16-18-23-35-36(28(2)3)48-40(63-35)32-21-20-22-33-37(32)49-43(54(33)29(4)5)61-31-25-34(39(55)51-47)53(27-31)41(56)38(45(6,7)8)50-44(58)62-46(9,10)11/h13-14,20-22,28-31,34,38H,12,15-19,23-27H2,1-11H3,(H,50,58)(H,51,55)(H,52,57)/b14-13-/t30-,31-,34+,38-,47-/m1/s1. The fourth-order valence-corrected chi connectivity index (χ4v) is 11.2. The number of imidazole rings is 1. The predicted octanol–water partition coefficient (Wildman–Crippen LogP) is 7.95. The Balaban J connectivity index is 1.42. The lowest BCUT2D eigenvalue weighted by atomic mass is 9.85. The Labute approximate surface area is 383 Å². The second-order valence-corrected chi connectivity index (χ2v) is 23.2. The molecule has 4 amide bonds. The van der Waals surface area contributed by atoms with Crippen molar-refractivity contribution >= 4 is 56.2 Å². The van der Waals surface area contributed by atoms with Gasteiger partial charge in [0.25, 0.3) is 11.9 Å². The van der Waals surface area contributed by atoms with E-state index in [0.29, 0.717) is 31.7 Å². The molecular weight excluding hydrogens is 855 g/mol. The number of carbonyl (C=O) groups is 4. The summed E-state index contributed by atoms with van der Waals surface area (Å²) >= 11 is 1.69. The summed E-state index contributed by atoms with van der Waals surface area (Å²) in [5.41, 5.74) is 0.397. The van der Waals surface area contributed by atoms with E-state index in [1.807, 2.05) is 64.3 Å². The van der Waals surface area contributed by atoms with E-state index in [9.17, 15) is 27.6 Å². The third-order valence-electron chi connectivity index (χ3n) is 12.2. The third kappa shape index (κ3) is 11.1. The molecule has 17 heteroatoms. The average molecular weight is 924 g/mol. The number of aromatic nitrogens is 3. The quantitative estimate of drug-likeness (QED) is 0.212. The molecule has 4 heterocycles. The van der Waals surface area contributed by atoms with E-state index in [0.717, 1.165) is 46.6 Å². The molecular formula is C47H69N7O8S2. The largest absolute Gasteiger partial charge is 0.459 e. The Kier molecular flexibility index (Phi) is 14.6. The molecule has 352 valence electrons. The van der Waals surface area contributed by atoms with Crippen LogP contribution >= 0.6 is 11.3 Å². The zero-order valence-electron chi connectivity index (χ0n) is 39.5. The second kappa shape index (κ2) is 19.1. The van der Waals surface area contributed by atoms with Crippen molar-refractivity contribution in [3.05, 3.63) is 40.9 Å². The molecule has 0 unspecified atom stereocenters. The van der Waals surface area contributed by atoms with Crippen LogP contribution in [0.25, 0.3) is 21.6 Å². The summed E-state index contributed by atoms with van der Waals surface area (Å²) < 4.78 is 43.2. The Morgan fingerprint density at radius 3 is 2.36 bits per heavy atom. The molecule has 6 bridgehead atoms. The van der Waals surface area contributed by atoms with E-state index in [-0.39, 0.29) is 43.0 Å². The van der Waals surface area contributed by atoms with Crippen LogP contribution in [0, 0.1) is 11.3 Å². The minimum atomic E-state index is -4.01. The van der Waals surface area contributed by atoms with Crippen molar-refractivity contribution in [3.63, 3.8) is 0 Å². The predicted molar refractivity (Wildman–Crippen MR) is 250 cm³/mol. The van der Waals surface area contributed by atoms with Crippen LogP contribution in [0.5, 0.6) is 6.01 Å². The molecule has 1 spiro atoms. The molecule has 15 nitrogen and oxygen atoms in total. The van der Waals surface area contributed by atoms with Crippen LogP contribution in [-0.4, -0.2) is 93.3 Å². The summed E-state index contributed by atoms with van der Waals surface area (Å²) in [5, 5.41) is 6.57. The molecule has 1 saturated carbocycles. The molecule has 3 aliphatic rings. The number of carbonyl (C=O) groups excluding carboxylic acids is 4. The van der Waals surface area contributed by atoms with Crippen LogP contribution in [0.3, 0.4) is 0 Å². The number of ether oxygens (including phenoxy) is 2. The molecule has 64 heavy (non-hydrogen) atoms. The van der Waals surface area contributed by atoms with E-state index < -0.39 is 68.6 Å². The fraction of sp³-hybridized carbons (Fsp3) is 0.660. The van der Waals surface area contributed by atoms with Crippen LogP contribution in [-0.2, 0) is 35.6 Å². The first-order valence-electron chi connectivity index (χ1n) is 22.9. The van der Waals surface area contributed by atoms with E-state index in [4.69, 9.17) is 19.4 Å². The lowest BCUT2D eigenvalue weighted by Crippen LogP contribution is -2.60. The van der Waals surface area contributed by atoms with Gasteiger partial charge in [0.05, 0.1) is 23.5 Å². The van der Waals surface area contributed by atoms with Crippen LogP contribution in [0.2, 0.25) is 0 Å². The first-order valence-corrected chi connectivity index (χ1v) is 25.4. The number of hydrogen-bond acceptors (Lipinski definition) is 11. The SMILES string of the molecule is CC[C@@H]1C[C@@]12NC(=O)[C@@H]1C[C@H](CN1C(=O)[C@@H](NC(=O)OC(C)(C)C)C(C)(C)C)Oc1nc3c(cccc3n1C(C)C)-c1nc(C(C)C)c(s1)CCC/C=C\CCCCS(=O)(=O)NC2=O. The van der Waals surface area contributed by atoms with Crippen molar-refractivity contribution < 1.29 is 37.1 Å². The second-order valence-electron chi connectivity index (χ2n) is 20.3. The molecule has 3 N–H and O–H groups in total. The molecule has 0 radical (unpaired) electrons. The average Bonchev–Trinajstić information content (AvgIpc) is 3.47. The summed E-state index contributed by atoms with van der Waals surface area (Å²) in [5.74, 6) is -2.27. The summed E-state index contributed by atoms with van der Waals surface area (Å²) in [4.78, 5) is 69.6. The minimum Gasteiger partial charge on any atom is -0.459 e. The number of likely N-dealkylation sites (tertiary alicyclic amines) is 1. The van der Waals surface area contributed by atoms with E-state index >= 15 is 0 Å². The summed E-state index contributed by atoms with van der Waals surface area (Å²) in [6.07, 6.45) is 7.89. The van der Waals surface area contributed by atoms with Crippen LogP contribution < -0.4 is 20.1 Å². The van der Waals surface area contributed by atoms with Crippen molar-refractivity contribution in [1.29, 1.82) is 0 Å². The number of nitrogens with zero attached hydrogens (tertiary/aromatic N) is 4. The number of thiazole rings is 1. The number of aryl methyl sites for hydroxylation is 1. The number of hydrogen-bond donors (Lipinski definition) is 3. The van der Waals surface area contributed by atoms with Crippen LogP contribution in [0.1, 0.15) is 150 Å². The number of rotatable bonds is 5. The van der Waals surface area contributed by atoms with Gasteiger partial charge in [-0.2, -0.15) is 4.98 Å². The molecule has 6 rings (SSSR count). The maximum Gasteiger partial charge on any atom is 0.408 e. The molecule has 1 aliphatic carbocycles. The Bertz CT molecular complexity index is 2360. The van der Waals surface area contributed by atoms with Crippen LogP contribution in [0.4, 0.5) is 4.79 Å². The third-order valence-corrected chi connectivity index (χ3v) is 14.7. The number of para-hydroxylation sites is 1. The molecule has 1 saturated heterocycles. The van der Waals surface area contributed by atoms with Gasteiger partial charge in [-0.25, -0.2) is 18.2 Å². The van der Waals surface area contributed by atoms with E-state index in [1.165, 1.54) is 9.78 Å². The van der Waals surface area contributed by atoms with Gasteiger partial charge in [-0.3, -0.25) is 23.7 Å². The first-order chi connectivity index (χ1) is 29.9. The van der Waals surface area contributed by atoms with E-state index in [1.54, 1.807) is 32.1 Å². The Morgan fingerprint density at radius 2 is 1.73 bits per heavy atom. The van der Waals surface area contributed by atoms with E-state index in [2.05, 4.69) is 41.4 Å². The van der Waals surface area contributed by atoms with Crippen LogP contribution in [0.15, 0.2) is 30.4 Å². The van der Waals surface area contributed by atoms with Gasteiger partial charge in [0.2, 0.25) is 21.8 Å². The molecule has 2 aromatic heterocycles. The van der Waals surface area contributed by atoms with Gasteiger partial charge < -0.3 is 25.0 Å². The topological polar surface area (TPSA) is 191 Å². The molecule has 5 atom stereocenters. The number of alkyl carbamates (subject to hydrolysis) is 1. The Morgan fingerprint density at radius 1 is 1.03 bits per heavy atom.